The van der Waals surface area contributed by atoms with Crippen molar-refractivity contribution in [3.05, 3.63) is 47.7 Å². The molecule has 1 aromatic heterocycles. The van der Waals surface area contributed by atoms with E-state index in [1.54, 1.807) is 0 Å². The molecule has 0 saturated carbocycles. The Hall–Kier alpha value is -3.63. The number of amides is 3. The number of carbonyl (C=O) groups is 3. The number of pyridine rings is 1. The Morgan fingerprint density at radius 3 is 2.03 bits per heavy atom. The molecule has 31 heavy (non-hydrogen) atoms. The fourth-order valence-electron chi connectivity index (χ4n) is 2.58. The molecule has 0 fully saturated rings. The molecule has 4 N–H and O–H groups in total. The van der Waals surface area contributed by atoms with Crippen LogP contribution in [-0.4, -0.2) is 35.8 Å². The summed E-state index contributed by atoms with van der Waals surface area (Å²) >= 11 is 0. The number of aromatic nitrogens is 1. The van der Waals surface area contributed by atoms with Gasteiger partial charge in [-0.3, -0.25) is 14.4 Å². The predicted molar refractivity (Wildman–Crippen MR) is 110 cm³/mol. The van der Waals surface area contributed by atoms with Crippen LogP contribution in [-0.2, 0) is 15.8 Å². The molecule has 0 unspecified atom stereocenters. The summed E-state index contributed by atoms with van der Waals surface area (Å²) in [5.74, 6) is -0.766. The maximum absolute atomic E-state index is 12.5. The second-order valence-corrected chi connectivity index (χ2v) is 6.63. The third-order valence-corrected chi connectivity index (χ3v) is 3.87. The number of benzene rings is 1. The van der Waals surface area contributed by atoms with Gasteiger partial charge in [0.25, 0.3) is 5.91 Å². The Labute approximate surface area is 176 Å². The van der Waals surface area contributed by atoms with Crippen LogP contribution in [0, 0.1) is 0 Å². The highest BCUT2D eigenvalue weighted by Crippen LogP contribution is 2.28. The molecule has 0 radical (unpaired) electrons. The smallest absolute Gasteiger partial charge is 0.370 e. The van der Waals surface area contributed by atoms with Gasteiger partial charge in [-0.1, -0.05) is 0 Å². The Bertz CT molecular complexity index is 912. The molecule has 3 amide bonds. The molecule has 2 rings (SSSR count). The van der Waals surface area contributed by atoms with E-state index in [9.17, 15) is 27.6 Å². The number of hydrogen-bond acceptors (Lipinski definition) is 5. The van der Waals surface area contributed by atoms with Crippen LogP contribution in [0.1, 0.15) is 36.2 Å². The molecule has 1 aromatic carbocycles. The number of nitrogens with zero attached hydrogens (tertiary/aromatic N) is 1. The van der Waals surface area contributed by atoms with Crippen LogP contribution >= 0.6 is 0 Å². The Balaban J connectivity index is 1.87. The normalized spacial score (nSPS) is 10.9. The van der Waals surface area contributed by atoms with Crippen LogP contribution in [0.25, 0.3) is 0 Å². The van der Waals surface area contributed by atoms with Crippen molar-refractivity contribution in [2.75, 3.05) is 29.0 Å². The topological polar surface area (TPSA) is 112 Å². The standard InChI is InChI=1S/C20H22F3N5O3/c1-12(29)27-16-8-14(9-17(10-16)28-13(2)30)19(31)25-7-3-6-24-18-5-4-15(11-26-18)20(21,22)23/h4-5,8-11H,3,6-7H2,1-2H3,(H,24,26)(H,25,31)(H,27,29)(H,28,30). The van der Waals surface area contributed by atoms with E-state index >= 15 is 0 Å². The van der Waals surface area contributed by atoms with Gasteiger partial charge in [0.15, 0.2) is 0 Å². The van der Waals surface area contributed by atoms with Crippen LogP contribution < -0.4 is 21.3 Å². The molecule has 11 heteroatoms. The molecule has 0 aliphatic rings. The maximum atomic E-state index is 12.5. The minimum Gasteiger partial charge on any atom is -0.370 e. The van der Waals surface area contributed by atoms with E-state index in [-0.39, 0.29) is 23.9 Å². The highest BCUT2D eigenvalue weighted by molar-refractivity contribution is 5.99. The largest absolute Gasteiger partial charge is 0.417 e. The van der Waals surface area contributed by atoms with E-state index in [1.807, 2.05) is 0 Å². The van der Waals surface area contributed by atoms with Gasteiger partial charge in [0.1, 0.15) is 5.82 Å². The van der Waals surface area contributed by atoms with Crippen molar-refractivity contribution in [2.24, 2.45) is 0 Å². The first-order chi connectivity index (χ1) is 14.5. The van der Waals surface area contributed by atoms with Gasteiger partial charge in [0, 0.05) is 50.1 Å². The first kappa shape index (κ1) is 23.6. The molecule has 0 spiro atoms. The fourth-order valence-corrected chi connectivity index (χ4v) is 2.58. The monoisotopic (exact) mass is 437 g/mol. The molecule has 0 atom stereocenters. The summed E-state index contributed by atoms with van der Waals surface area (Å²) in [6, 6.07) is 6.66. The molecular weight excluding hydrogens is 415 g/mol. The zero-order valence-electron chi connectivity index (χ0n) is 16.9. The minimum absolute atomic E-state index is 0.243. The van der Waals surface area contributed by atoms with Crippen LogP contribution in [0.2, 0.25) is 0 Å². The molecule has 0 aliphatic carbocycles. The van der Waals surface area contributed by atoms with Crippen LogP contribution in [0.3, 0.4) is 0 Å². The lowest BCUT2D eigenvalue weighted by Crippen LogP contribution is -2.26. The van der Waals surface area contributed by atoms with Gasteiger partial charge in [-0.15, -0.1) is 0 Å². The van der Waals surface area contributed by atoms with Gasteiger partial charge in [-0.2, -0.15) is 13.2 Å². The lowest BCUT2D eigenvalue weighted by molar-refractivity contribution is -0.137. The summed E-state index contributed by atoms with van der Waals surface area (Å²) < 4.78 is 37.6. The number of halogens is 3. The number of alkyl halides is 3. The van der Waals surface area contributed by atoms with E-state index in [4.69, 9.17) is 0 Å². The van der Waals surface area contributed by atoms with Crippen LogP contribution in [0.5, 0.6) is 0 Å². The minimum atomic E-state index is -4.44. The van der Waals surface area contributed by atoms with Gasteiger partial charge in [0.2, 0.25) is 11.8 Å². The summed E-state index contributed by atoms with van der Waals surface area (Å²) in [4.78, 5) is 38.7. The van der Waals surface area contributed by atoms with Crippen molar-refractivity contribution in [1.29, 1.82) is 0 Å². The zero-order chi connectivity index (χ0) is 23.0. The van der Waals surface area contributed by atoms with Crippen molar-refractivity contribution in [2.45, 2.75) is 26.4 Å². The highest BCUT2D eigenvalue weighted by atomic mass is 19.4. The first-order valence-electron chi connectivity index (χ1n) is 9.30. The van der Waals surface area contributed by atoms with Gasteiger partial charge in [0.05, 0.1) is 5.56 Å². The highest BCUT2D eigenvalue weighted by Gasteiger charge is 2.30. The molecule has 2 aromatic rings. The molecular formula is C20H22F3N5O3. The first-order valence-corrected chi connectivity index (χ1v) is 9.30. The van der Waals surface area contributed by atoms with E-state index in [0.717, 1.165) is 12.3 Å². The zero-order valence-corrected chi connectivity index (χ0v) is 16.9. The van der Waals surface area contributed by atoms with E-state index in [1.165, 1.54) is 38.1 Å². The number of carbonyl (C=O) groups excluding carboxylic acids is 3. The van der Waals surface area contributed by atoms with Crippen molar-refractivity contribution in [1.82, 2.24) is 10.3 Å². The Morgan fingerprint density at radius 2 is 1.55 bits per heavy atom. The summed E-state index contributed by atoms with van der Waals surface area (Å²) in [6.07, 6.45) is -3.20. The fraction of sp³-hybridized carbons (Fsp3) is 0.300. The van der Waals surface area contributed by atoms with E-state index in [0.29, 0.717) is 30.2 Å². The summed E-state index contributed by atoms with van der Waals surface area (Å²) in [5, 5.41) is 10.7. The Kier molecular flexibility index (Phi) is 7.94. The van der Waals surface area contributed by atoms with Crippen LogP contribution in [0.15, 0.2) is 36.5 Å². The lowest BCUT2D eigenvalue weighted by atomic mass is 10.1. The third kappa shape index (κ3) is 7.96. The average molecular weight is 437 g/mol. The molecule has 0 bridgehead atoms. The van der Waals surface area contributed by atoms with Crippen molar-refractivity contribution >= 4 is 34.9 Å². The summed E-state index contributed by atoms with van der Waals surface area (Å²) in [5.41, 5.74) is 0.135. The van der Waals surface area contributed by atoms with Crippen molar-refractivity contribution < 1.29 is 27.6 Å². The van der Waals surface area contributed by atoms with Gasteiger partial charge in [-0.25, -0.2) is 4.98 Å². The predicted octanol–water partition coefficient (Wildman–Crippen LogP) is 3.25. The number of hydrogen-bond donors (Lipinski definition) is 4. The maximum Gasteiger partial charge on any atom is 0.417 e. The van der Waals surface area contributed by atoms with Gasteiger partial charge in [-0.05, 0) is 36.8 Å². The number of nitrogens with one attached hydrogen (secondary N) is 4. The average Bonchev–Trinajstić information content (AvgIpc) is 2.66. The molecule has 8 nitrogen and oxygen atoms in total. The second kappa shape index (κ2) is 10.4. The molecule has 0 aliphatic heterocycles. The SMILES string of the molecule is CC(=O)Nc1cc(NC(C)=O)cc(C(=O)NCCCNc2ccc(C(F)(F)F)cn2)c1. The summed E-state index contributed by atoms with van der Waals surface area (Å²) in [6.45, 7) is 3.31. The lowest BCUT2D eigenvalue weighted by Gasteiger charge is -2.11. The molecule has 166 valence electrons. The molecule has 0 saturated heterocycles. The van der Waals surface area contributed by atoms with E-state index < -0.39 is 17.6 Å². The summed E-state index contributed by atoms with van der Waals surface area (Å²) in [7, 11) is 0. The van der Waals surface area contributed by atoms with Crippen LogP contribution in [0.4, 0.5) is 30.4 Å². The van der Waals surface area contributed by atoms with Crippen molar-refractivity contribution in [3.63, 3.8) is 0 Å². The van der Waals surface area contributed by atoms with Gasteiger partial charge < -0.3 is 21.3 Å². The number of anilines is 3. The second-order valence-electron chi connectivity index (χ2n) is 6.63. The number of rotatable bonds is 8. The van der Waals surface area contributed by atoms with Crippen molar-refractivity contribution in [3.8, 4) is 0 Å². The molecule has 1 heterocycles. The van der Waals surface area contributed by atoms with E-state index in [2.05, 4.69) is 26.3 Å². The quantitative estimate of drug-likeness (QED) is 0.474. The van der Waals surface area contributed by atoms with Gasteiger partial charge >= 0.3 is 6.18 Å². The Morgan fingerprint density at radius 1 is 0.935 bits per heavy atom. The third-order valence-electron chi connectivity index (χ3n) is 3.87.